The molecule has 108 valence electrons. The molecule has 0 amide bonds. The Morgan fingerprint density at radius 3 is 2.67 bits per heavy atom. The van der Waals surface area contributed by atoms with Gasteiger partial charge in [-0.05, 0) is 35.4 Å². The van der Waals surface area contributed by atoms with Crippen LogP contribution in [0.4, 0.5) is 0 Å². The molecule has 0 saturated heterocycles. The summed E-state index contributed by atoms with van der Waals surface area (Å²) in [6.07, 6.45) is 4.92. The lowest BCUT2D eigenvalue weighted by atomic mass is 9.99. The summed E-state index contributed by atoms with van der Waals surface area (Å²) in [5.74, 6) is 0. The van der Waals surface area contributed by atoms with Gasteiger partial charge in [-0.3, -0.25) is 0 Å². The molecule has 1 heterocycles. The van der Waals surface area contributed by atoms with Gasteiger partial charge in [-0.1, -0.05) is 43.3 Å². The predicted molar refractivity (Wildman–Crippen MR) is 87.3 cm³/mol. The van der Waals surface area contributed by atoms with E-state index in [2.05, 4.69) is 64.3 Å². The van der Waals surface area contributed by atoms with Crippen molar-refractivity contribution in [3.8, 4) is 0 Å². The van der Waals surface area contributed by atoms with Gasteiger partial charge in [-0.2, -0.15) is 0 Å². The lowest BCUT2D eigenvalue weighted by molar-refractivity contribution is 0.570. The Labute approximate surface area is 125 Å². The first-order valence-electron chi connectivity index (χ1n) is 7.48. The molecule has 1 atom stereocenters. The quantitative estimate of drug-likeness (QED) is 0.772. The molecule has 0 saturated carbocycles. The van der Waals surface area contributed by atoms with Gasteiger partial charge in [0.05, 0.1) is 24.3 Å². The van der Waals surface area contributed by atoms with Crippen LogP contribution in [0.1, 0.15) is 30.6 Å². The van der Waals surface area contributed by atoms with Crippen molar-refractivity contribution < 1.29 is 0 Å². The summed E-state index contributed by atoms with van der Waals surface area (Å²) in [6.45, 7) is 3.18. The Balaban J connectivity index is 2.03. The van der Waals surface area contributed by atoms with E-state index in [4.69, 9.17) is 0 Å². The molecule has 3 nitrogen and oxygen atoms in total. The average Bonchev–Trinajstić information content (AvgIpc) is 2.94. The van der Waals surface area contributed by atoms with Crippen LogP contribution in [0.5, 0.6) is 0 Å². The van der Waals surface area contributed by atoms with E-state index in [1.807, 2.05) is 19.6 Å². The van der Waals surface area contributed by atoms with Crippen molar-refractivity contribution >= 4 is 10.8 Å². The number of hydrogen-bond acceptors (Lipinski definition) is 2. The van der Waals surface area contributed by atoms with E-state index in [-0.39, 0.29) is 6.04 Å². The van der Waals surface area contributed by atoms with E-state index in [1.165, 1.54) is 22.0 Å². The van der Waals surface area contributed by atoms with Crippen LogP contribution in [-0.2, 0) is 7.05 Å². The Hall–Kier alpha value is -2.13. The molecule has 0 bridgehead atoms. The zero-order valence-corrected chi connectivity index (χ0v) is 12.6. The zero-order valence-electron chi connectivity index (χ0n) is 12.6. The maximum atomic E-state index is 4.26. The molecule has 3 rings (SSSR count). The van der Waals surface area contributed by atoms with E-state index in [9.17, 15) is 0 Å². The summed E-state index contributed by atoms with van der Waals surface area (Å²) in [4.78, 5) is 4.26. The molecule has 3 heteroatoms. The fraction of sp³-hybridized carbons (Fsp3) is 0.278. The van der Waals surface area contributed by atoms with Gasteiger partial charge in [0, 0.05) is 7.05 Å². The van der Waals surface area contributed by atoms with Crippen LogP contribution in [0.3, 0.4) is 0 Å². The molecule has 0 fully saturated rings. The van der Waals surface area contributed by atoms with Gasteiger partial charge in [-0.15, -0.1) is 0 Å². The smallest absolute Gasteiger partial charge is 0.0946 e. The van der Waals surface area contributed by atoms with E-state index in [1.54, 1.807) is 0 Å². The summed E-state index contributed by atoms with van der Waals surface area (Å²) < 4.78 is 2.09. The third kappa shape index (κ3) is 2.83. The summed E-state index contributed by atoms with van der Waals surface area (Å²) in [5.41, 5.74) is 2.48. The molecule has 1 N–H and O–H groups in total. The lowest BCUT2D eigenvalue weighted by Gasteiger charge is -2.20. The molecule has 0 radical (unpaired) electrons. The number of nitrogens with one attached hydrogen (secondary N) is 1. The third-order valence-electron chi connectivity index (χ3n) is 3.86. The average molecular weight is 279 g/mol. The Morgan fingerprint density at radius 1 is 1.14 bits per heavy atom. The van der Waals surface area contributed by atoms with Gasteiger partial charge in [0.1, 0.15) is 0 Å². The highest BCUT2D eigenvalue weighted by Gasteiger charge is 2.16. The van der Waals surface area contributed by atoms with Crippen molar-refractivity contribution in [2.45, 2.75) is 19.4 Å². The summed E-state index contributed by atoms with van der Waals surface area (Å²) in [7, 11) is 2.05. The number of aromatic nitrogens is 2. The van der Waals surface area contributed by atoms with Crippen LogP contribution >= 0.6 is 0 Å². The van der Waals surface area contributed by atoms with Crippen molar-refractivity contribution in [1.29, 1.82) is 0 Å². The van der Waals surface area contributed by atoms with E-state index < -0.39 is 0 Å². The second kappa shape index (κ2) is 6.10. The summed E-state index contributed by atoms with van der Waals surface area (Å²) in [5, 5.41) is 6.19. The monoisotopic (exact) mass is 279 g/mol. The molecule has 0 spiro atoms. The molecule has 0 aliphatic rings. The van der Waals surface area contributed by atoms with Gasteiger partial charge in [0.15, 0.2) is 0 Å². The van der Waals surface area contributed by atoms with Crippen LogP contribution in [0.15, 0.2) is 55.0 Å². The first-order chi connectivity index (χ1) is 10.3. The fourth-order valence-electron chi connectivity index (χ4n) is 2.71. The lowest BCUT2D eigenvalue weighted by Crippen LogP contribution is -2.24. The fourth-order valence-corrected chi connectivity index (χ4v) is 2.71. The van der Waals surface area contributed by atoms with Crippen molar-refractivity contribution in [2.75, 3.05) is 6.54 Å². The van der Waals surface area contributed by atoms with Crippen molar-refractivity contribution in [2.24, 2.45) is 7.05 Å². The van der Waals surface area contributed by atoms with Gasteiger partial charge in [0.2, 0.25) is 0 Å². The predicted octanol–water partition coefficient (Wildman–Crippen LogP) is 3.66. The molecule has 3 aromatic rings. The summed E-state index contributed by atoms with van der Waals surface area (Å²) >= 11 is 0. The number of hydrogen-bond donors (Lipinski definition) is 1. The molecule has 21 heavy (non-hydrogen) atoms. The zero-order chi connectivity index (χ0) is 14.7. The van der Waals surface area contributed by atoms with E-state index in [0.29, 0.717) is 0 Å². The molecule has 2 aromatic carbocycles. The topological polar surface area (TPSA) is 29.9 Å². The standard InChI is InChI=1S/C18H21N3/c1-3-10-20-18(17-12-19-13-21(17)2)16-9-8-14-6-4-5-7-15(14)11-16/h4-9,11-13,18,20H,3,10H2,1-2H3. The first-order valence-corrected chi connectivity index (χ1v) is 7.48. The second-order valence-electron chi connectivity index (χ2n) is 5.42. The van der Waals surface area contributed by atoms with E-state index >= 15 is 0 Å². The highest BCUT2D eigenvalue weighted by Crippen LogP contribution is 2.25. The molecule has 1 aromatic heterocycles. The van der Waals surface area contributed by atoms with Crippen molar-refractivity contribution in [3.63, 3.8) is 0 Å². The Kier molecular flexibility index (Phi) is 4.02. The van der Waals surface area contributed by atoms with Gasteiger partial charge < -0.3 is 9.88 Å². The highest BCUT2D eigenvalue weighted by molar-refractivity contribution is 5.83. The number of fused-ring (bicyclic) bond motifs is 1. The number of nitrogens with zero attached hydrogens (tertiary/aromatic N) is 2. The van der Waals surface area contributed by atoms with E-state index in [0.717, 1.165) is 13.0 Å². The van der Waals surface area contributed by atoms with Crippen LogP contribution in [0, 0.1) is 0 Å². The number of imidazole rings is 1. The normalized spacial score (nSPS) is 12.7. The molecule has 0 aliphatic heterocycles. The van der Waals surface area contributed by atoms with Crippen LogP contribution < -0.4 is 5.32 Å². The van der Waals surface area contributed by atoms with Crippen LogP contribution in [0.25, 0.3) is 10.8 Å². The second-order valence-corrected chi connectivity index (χ2v) is 5.42. The Morgan fingerprint density at radius 2 is 1.95 bits per heavy atom. The summed E-state index contributed by atoms with van der Waals surface area (Å²) in [6, 6.07) is 15.3. The maximum Gasteiger partial charge on any atom is 0.0946 e. The molecule has 0 aliphatic carbocycles. The van der Waals surface area contributed by atoms with Gasteiger partial charge in [0.25, 0.3) is 0 Å². The molecular formula is C18H21N3. The largest absolute Gasteiger partial charge is 0.336 e. The minimum Gasteiger partial charge on any atom is -0.336 e. The van der Waals surface area contributed by atoms with Gasteiger partial charge >= 0.3 is 0 Å². The molecule has 1 unspecified atom stereocenters. The van der Waals surface area contributed by atoms with Crippen molar-refractivity contribution in [3.05, 3.63) is 66.2 Å². The minimum atomic E-state index is 0.182. The Bertz CT molecular complexity index is 730. The van der Waals surface area contributed by atoms with Crippen LogP contribution in [0.2, 0.25) is 0 Å². The van der Waals surface area contributed by atoms with Gasteiger partial charge in [-0.25, -0.2) is 4.98 Å². The number of benzene rings is 2. The maximum absolute atomic E-state index is 4.26. The minimum absolute atomic E-state index is 0.182. The first kappa shape index (κ1) is 13.8. The third-order valence-corrected chi connectivity index (χ3v) is 3.86. The highest BCUT2D eigenvalue weighted by atomic mass is 15.1. The number of rotatable bonds is 5. The van der Waals surface area contributed by atoms with Crippen molar-refractivity contribution in [1.82, 2.24) is 14.9 Å². The SMILES string of the molecule is CCCNC(c1ccc2ccccc2c1)c1cncn1C. The van der Waals surface area contributed by atoms with Crippen LogP contribution in [-0.4, -0.2) is 16.1 Å². The molecular weight excluding hydrogens is 258 g/mol. The number of aryl methyl sites for hydroxylation is 1.